The molecule has 0 spiro atoms. The molecular formula is C10H6FNO4. The van der Waals surface area contributed by atoms with Gasteiger partial charge in [0.25, 0.3) is 5.95 Å². The Morgan fingerprint density at radius 3 is 2.44 bits per heavy atom. The molecule has 0 aliphatic carbocycles. The predicted octanol–water partition coefficient (Wildman–Crippen LogP) is 3.12. The SMILES string of the molecule is O=[N+]([O-])c1ccc(Oc2ccc(F)cc2)o1. The zero-order valence-corrected chi connectivity index (χ0v) is 7.92. The maximum atomic E-state index is 12.6. The van der Waals surface area contributed by atoms with Gasteiger partial charge < -0.3 is 9.15 Å². The maximum Gasteiger partial charge on any atom is 0.436 e. The quantitative estimate of drug-likeness (QED) is 0.592. The summed E-state index contributed by atoms with van der Waals surface area (Å²) in [7, 11) is 0. The minimum atomic E-state index is -0.669. The minimum absolute atomic E-state index is 0.0155. The molecule has 0 bridgehead atoms. The van der Waals surface area contributed by atoms with E-state index < -0.39 is 16.6 Å². The van der Waals surface area contributed by atoms with Crippen LogP contribution in [-0.4, -0.2) is 4.92 Å². The van der Waals surface area contributed by atoms with Crippen molar-refractivity contribution >= 4 is 5.88 Å². The van der Waals surface area contributed by atoms with Crippen molar-refractivity contribution in [3.05, 3.63) is 52.3 Å². The highest BCUT2D eigenvalue weighted by Crippen LogP contribution is 2.27. The highest BCUT2D eigenvalue weighted by Gasteiger charge is 2.12. The Hall–Kier alpha value is -2.37. The van der Waals surface area contributed by atoms with Crippen LogP contribution in [-0.2, 0) is 0 Å². The summed E-state index contributed by atoms with van der Waals surface area (Å²) < 4.78 is 22.5. The van der Waals surface area contributed by atoms with Crippen LogP contribution in [0.3, 0.4) is 0 Å². The van der Waals surface area contributed by atoms with E-state index in [4.69, 9.17) is 9.15 Å². The largest absolute Gasteiger partial charge is 0.436 e. The van der Waals surface area contributed by atoms with E-state index in [-0.39, 0.29) is 5.95 Å². The fourth-order valence-corrected chi connectivity index (χ4v) is 1.08. The molecule has 2 rings (SSSR count). The fourth-order valence-electron chi connectivity index (χ4n) is 1.08. The van der Waals surface area contributed by atoms with Crippen molar-refractivity contribution in [2.45, 2.75) is 0 Å². The zero-order chi connectivity index (χ0) is 11.5. The summed E-state index contributed by atoms with van der Waals surface area (Å²) in [5.74, 6) is -0.473. The van der Waals surface area contributed by atoms with Gasteiger partial charge in [-0.1, -0.05) is 0 Å². The molecule has 0 saturated heterocycles. The second kappa shape index (κ2) is 4.01. The molecule has 82 valence electrons. The van der Waals surface area contributed by atoms with Crippen LogP contribution in [0.25, 0.3) is 0 Å². The second-order valence-electron chi connectivity index (χ2n) is 2.91. The summed E-state index contributed by atoms with van der Waals surface area (Å²) in [6, 6.07) is 7.72. The van der Waals surface area contributed by atoms with E-state index in [2.05, 4.69) is 0 Å². The first-order valence-corrected chi connectivity index (χ1v) is 4.33. The summed E-state index contributed by atoms with van der Waals surface area (Å²) in [5.41, 5.74) is 0. The van der Waals surface area contributed by atoms with E-state index in [0.717, 1.165) is 0 Å². The highest BCUT2D eigenvalue weighted by atomic mass is 19.1. The molecule has 1 aromatic heterocycles. The van der Waals surface area contributed by atoms with Crippen LogP contribution in [0.1, 0.15) is 0 Å². The van der Waals surface area contributed by atoms with Gasteiger partial charge in [0.15, 0.2) is 0 Å². The lowest BCUT2D eigenvalue weighted by Crippen LogP contribution is -1.84. The number of nitrogens with zero attached hydrogens (tertiary/aromatic N) is 1. The van der Waals surface area contributed by atoms with Crippen LogP contribution in [0.4, 0.5) is 10.3 Å². The lowest BCUT2D eigenvalue weighted by atomic mass is 10.3. The third kappa shape index (κ3) is 2.17. The molecule has 1 heterocycles. The Bertz CT molecular complexity index is 506. The van der Waals surface area contributed by atoms with Crippen molar-refractivity contribution in [1.82, 2.24) is 0 Å². The Kier molecular flexibility index (Phi) is 2.55. The topological polar surface area (TPSA) is 65.5 Å². The lowest BCUT2D eigenvalue weighted by Gasteiger charge is -1.99. The molecule has 5 nitrogen and oxygen atoms in total. The van der Waals surface area contributed by atoms with Gasteiger partial charge in [-0.25, -0.2) is 4.39 Å². The molecule has 1 aromatic carbocycles. The minimum Gasteiger partial charge on any atom is -0.426 e. The van der Waals surface area contributed by atoms with E-state index in [1.807, 2.05) is 0 Å². The number of nitro groups is 1. The number of rotatable bonds is 3. The molecule has 0 N–H and O–H groups in total. The highest BCUT2D eigenvalue weighted by molar-refractivity contribution is 5.28. The van der Waals surface area contributed by atoms with E-state index >= 15 is 0 Å². The molecule has 0 unspecified atom stereocenters. The summed E-state index contributed by atoms with van der Waals surface area (Å²) in [6.45, 7) is 0. The van der Waals surface area contributed by atoms with Gasteiger partial charge in [-0.15, -0.1) is 0 Å². The molecule has 16 heavy (non-hydrogen) atoms. The van der Waals surface area contributed by atoms with Crippen LogP contribution in [0.15, 0.2) is 40.8 Å². The van der Waals surface area contributed by atoms with Gasteiger partial charge >= 0.3 is 5.88 Å². The van der Waals surface area contributed by atoms with Crippen molar-refractivity contribution in [2.75, 3.05) is 0 Å². The number of halogens is 1. The van der Waals surface area contributed by atoms with E-state index in [1.54, 1.807) is 0 Å². The molecule has 0 fully saturated rings. The van der Waals surface area contributed by atoms with Crippen molar-refractivity contribution < 1.29 is 18.5 Å². The molecule has 0 saturated carbocycles. The number of hydrogen-bond donors (Lipinski definition) is 0. The first-order chi connectivity index (χ1) is 7.65. The normalized spacial score (nSPS) is 10.1. The second-order valence-corrected chi connectivity index (χ2v) is 2.91. The number of furan rings is 1. The van der Waals surface area contributed by atoms with Gasteiger partial charge in [0.05, 0.1) is 6.07 Å². The summed E-state index contributed by atoms with van der Waals surface area (Å²) in [6.07, 6.45) is 0. The van der Waals surface area contributed by atoms with E-state index in [1.165, 1.54) is 36.4 Å². The van der Waals surface area contributed by atoms with Gasteiger partial charge in [0, 0.05) is 6.07 Å². The van der Waals surface area contributed by atoms with Gasteiger partial charge in [0.1, 0.15) is 16.5 Å². The van der Waals surface area contributed by atoms with Gasteiger partial charge in [-0.2, -0.15) is 0 Å². The average molecular weight is 223 g/mol. The van der Waals surface area contributed by atoms with Crippen molar-refractivity contribution in [1.29, 1.82) is 0 Å². The Morgan fingerprint density at radius 2 is 1.88 bits per heavy atom. The summed E-state index contributed by atoms with van der Waals surface area (Å²) >= 11 is 0. The Morgan fingerprint density at radius 1 is 1.19 bits per heavy atom. The third-order valence-corrected chi connectivity index (χ3v) is 1.78. The van der Waals surface area contributed by atoms with Crippen molar-refractivity contribution in [2.24, 2.45) is 0 Å². The molecule has 0 aliphatic rings. The lowest BCUT2D eigenvalue weighted by molar-refractivity contribution is -0.402. The standard InChI is InChI=1S/C10H6FNO4/c11-7-1-3-8(4-2-7)15-10-6-5-9(16-10)12(13)14/h1-6H. The zero-order valence-electron chi connectivity index (χ0n) is 7.92. The Labute approximate surface area is 89.2 Å². The Balaban J connectivity index is 2.14. The number of hydrogen-bond acceptors (Lipinski definition) is 4. The smallest absolute Gasteiger partial charge is 0.426 e. The number of benzene rings is 1. The molecule has 0 amide bonds. The average Bonchev–Trinajstić information content (AvgIpc) is 2.70. The van der Waals surface area contributed by atoms with Crippen LogP contribution >= 0.6 is 0 Å². The first-order valence-electron chi connectivity index (χ1n) is 4.33. The van der Waals surface area contributed by atoms with E-state index in [9.17, 15) is 14.5 Å². The molecule has 0 radical (unpaired) electrons. The molecule has 0 atom stereocenters. The fraction of sp³-hybridized carbons (Fsp3) is 0. The molecule has 2 aromatic rings. The monoisotopic (exact) mass is 223 g/mol. The van der Waals surface area contributed by atoms with Crippen LogP contribution in [0, 0.1) is 15.9 Å². The maximum absolute atomic E-state index is 12.6. The van der Waals surface area contributed by atoms with E-state index in [0.29, 0.717) is 5.75 Å². The predicted molar refractivity (Wildman–Crippen MR) is 51.8 cm³/mol. The third-order valence-electron chi connectivity index (χ3n) is 1.78. The molecular weight excluding hydrogens is 217 g/mol. The van der Waals surface area contributed by atoms with Crippen LogP contribution < -0.4 is 4.74 Å². The number of ether oxygens (including phenoxy) is 1. The van der Waals surface area contributed by atoms with Gasteiger partial charge in [-0.05, 0) is 24.3 Å². The first kappa shape index (κ1) is 10.2. The van der Waals surface area contributed by atoms with Crippen molar-refractivity contribution in [3.8, 4) is 11.7 Å². The summed E-state index contributed by atoms with van der Waals surface area (Å²) in [5, 5.41) is 10.3. The molecule has 6 heteroatoms. The van der Waals surface area contributed by atoms with Gasteiger partial charge in [-0.3, -0.25) is 10.1 Å². The molecule has 0 aliphatic heterocycles. The van der Waals surface area contributed by atoms with Gasteiger partial charge in [0.2, 0.25) is 0 Å². The van der Waals surface area contributed by atoms with Crippen LogP contribution in [0.5, 0.6) is 11.7 Å². The summed E-state index contributed by atoms with van der Waals surface area (Å²) in [4.78, 5) is 9.65. The van der Waals surface area contributed by atoms with Crippen molar-refractivity contribution in [3.63, 3.8) is 0 Å². The van der Waals surface area contributed by atoms with Crippen LogP contribution in [0.2, 0.25) is 0 Å².